The van der Waals surface area contributed by atoms with Crippen LogP contribution in [0.4, 0.5) is 5.69 Å². The van der Waals surface area contributed by atoms with Gasteiger partial charge in [-0.15, -0.1) is 0 Å². The first-order valence-corrected chi connectivity index (χ1v) is 10.3. The van der Waals surface area contributed by atoms with E-state index in [1.165, 1.54) is 16.7 Å². The van der Waals surface area contributed by atoms with Gasteiger partial charge in [0.25, 0.3) is 11.8 Å². The molecule has 0 saturated heterocycles. The maximum atomic E-state index is 12.8. The molecular formula is C22H27N3O5. The van der Waals surface area contributed by atoms with E-state index >= 15 is 0 Å². The van der Waals surface area contributed by atoms with Crippen molar-refractivity contribution in [2.75, 3.05) is 25.1 Å². The van der Waals surface area contributed by atoms with E-state index in [1.807, 2.05) is 6.07 Å². The molecule has 1 heterocycles. The summed E-state index contributed by atoms with van der Waals surface area (Å²) in [5, 5.41) is 9.66. The van der Waals surface area contributed by atoms with Crippen LogP contribution in [0.25, 0.3) is 0 Å². The van der Waals surface area contributed by atoms with Gasteiger partial charge in [-0.3, -0.25) is 14.4 Å². The molecule has 3 rings (SSSR count). The van der Waals surface area contributed by atoms with Crippen LogP contribution in [0.3, 0.4) is 0 Å². The van der Waals surface area contributed by atoms with Gasteiger partial charge in [-0.05, 0) is 31.9 Å². The van der Waals surface area contributed by atoms with Crippen molar-refractivity contribution in [3.8, 4) is 11.8 Å². The number of nitriles is 1. The number of likely N-dealkylation sites (N-methyl/N-ethyl adjacent to an activating group) is 1. The zero-order chi connectivity index (χ0) is 21.7. The molecule has 1 aliphatic carbocycles. The number of anilines is 1. The number of carbonyl (C=O) groups is 3. The van der Waals surface area contributed by atoms with Crippen molar-refractivity contribution in [2.24, 2.45) is 0 Å². The Morgan fingerprint density at radius 2 is 2.00 bits per heavy atom. The molecule has 0 spiro atoms. The van der Waals surface area contributed by atoms with Gasteiger partial charge < -0.3 is 19.3 Å². The Hall–Kier alpha value is -3.08. The highest BCUT2D eigenvalue weighted by Crippen LogP contribution is 2.33. The monoisotopic (exact) mass is 413 g/mol. The van der Waals surface area contributed by atoms with Gasteiger partial charge in [0.2, 0.25) is 0 Å². The van der Waals surface area contributed by atoms with Crippen LogP contribution in [0, 0.1) is 11.3 Å². The molecule has 1 aromatic rings. The molecule has 2 amide bonds. The first-order valence-electron chi connectivity index (χ1n) is 10.3. The predicted octanol–water partition coefficient (Wildman–Crippen LogP) is 2.42. The van der Waals surface area contributed by atoms with E-state index in [9.17, 15) is 19.6 Å². The number of esters is 1. The zero-order valence-electron chi connectivity index (χ0n) is 17.4. The highest BCUT2D eigenvalue weighted by molar-refractivity contribution is 5.98. The molecule has 2 aliphatic rings. The SMILES string of the molecule is C[C@@H](OC(=O)CCN1C(=O)COc2ccccc21)C(=O)N(C)C1(C#N)CCCCC1. The fourth-order valence-electron chi connectivity index (χ4n) is 4.05. The first kappa shape index (κ1) is 21.6. The summed E-state index contributed by atoms with van der Waals surface area (Å²) in [6, 6.07) is 9.42. The number of nitrogens with zero attached hydrogens (tertiary/aromatic N) is 3. The van der Waals surface area contributed by atoms with Gasteiger partial charge in [-0.2, -0.15) is 5.26 Å². The highest BCUT2D eigenvalue weighted by atomic mass is 16.5. The van der Waals surface area contributed by atoms with Crippen LogP contribution in [-0.2, 0) is 19.1 Å². The average Bonchev–Trinajstić information content (AvgIpc) is 2.77. The Morgan fingerprint density at radius 1 is 1.30 bits per heavy atom. The minimum Gasteiger partial charge on any atom is -0.482 e. The van der Waals surface area contributed by atoms with Crippen LogP contribution in [0.5, 0.6) is 5.75 Å². The van der Waals surface area contributed by atoms with Crippen molar-refractivity contribution < 1.29 is 23.9 Å². The second kappa shape index (κ2) is 9.16. The van der Waals surface area contributed by atoms with Crippen LogP contribution in [0.15, 0.2) is 24.3 Å². The van der Waals surface area contributed by atoms with Crippen LogP contribution in [-0.4, -0.2) is 54.5 Å². The summed E-state index contributed by atoms with van der Waals surface area (Å²) in [5.74, 6) is -0.612. The number of carbonyl (C=O) groups excluding carboxylic acids is 3. The van der Waals surface area contributed by atoms with E-state index in [0.29, 0.717) is 24.3 Å². The third-order valence-electron chi connectivity index (χ3n) is 5.87. The van der Waals surface area contributed by atoms with Crippen LogP contribution in [0.1, 0.15) is 45.4 Å². The molecular weight excluding hydrogens is 386 g/mol. The van der Waals surface area contributed by atoms with E-state index in [2.05, 4.69) is 6.07 Å². The van der Waals surface area contributed by atoms with Crippen molar-refractivity contribution >= 4 is 23.5 Å². The molecule has 0 aromatic heterocycles. The molecule has 160 valence electrons. The fourth-order valence-corrected chi connectivity index (χ4v) is 4.05. The van der Waals surface area contributed by atoms with Crippen molar-refractivity contribution in [1.82, 2.24) is 4.90 Å². The Bertz CT molecular complexity index is 857. The van der Waals surface area contributed by atoms with E-state index in [1.54, 1.807) is 25.2 Å². The summed E-state index contributed by atoms with van der Waals surface area (Å²) in [5.41, 5.74) is -0.224. The van der Waals surface area contributed by atoms with Gasteiger partial charge in [0.1, 0.15) is 11.3 Å². The fraction of sp³-hybridized carbons (Fsp3) is 0.545. The summed E-state index contributed by atoms with van der Waals surface area (Å²) in [6.07, 6.45) is 3.06. The molecule has 0 bridgehead atoms. The number of hydrogen-bond donors (Lipinski definition) is 0. The maximum Gasteiger partial charge on any atom is 0.308 e. The van der Waals surface area contributed by atoms with E-state index < -0.39 is 17.6 Å². The first-order chi connectivity index (χ1) is 14.4. The number of amides is 2. The summed E-state index contributed by atoms with van der Waals surface area (Å²) in [7, 11) is 1.60. The van der Waals surface area contributed by atoms with Gasteiger partial charge in [0, 0.05) is 13.6 Å². The summed E-state index contributed by atoms with van der Waals surface area (Å²) >= 11 is 0. The number of hydrogen-bond acceptors (Lipinski definition) is 6. The number of ether oxygens (including phenoxy) is 2. The average molecular weight is 413 g/mol. The molecule has 1 aliphatic heterocycles. The van der Waals surface area contributed by atoms with Crippen LogP contribution in [0.2, 0.25) is 0 Å². The predicted molar refractivity (Wildman–Crippen MR) is 109 cm³/mol. The Kier molecular flexibility index (Phi) is 6.60. The lowest BCUT2D eigenvalue weighted by Gasteiger charge is -2.39. The van der Waals surface area contributed by atoms with Gasteiger partial charge in [-0.1, -0.05) is 31.4 Å². The van der Waals surface area contributed by atoms with E-state index in [0.717, 1.165) is 19.3 Å². The molecule has 0 radical (unpaired) electrons. The molecule has 1 fully saturated rings. The van der Waals surface area contributed by atoms with Crippen LogP contribution < -0.4 is 9.64 Å². The molecule has 0 unspecified atom stereocenters. The number of benzene rings is 1. The topological polar surface area (TPSA) is 99.9 Å². The molecule has 0 N–H and O–H groups in total. The van der Waals surface area contributed by atoms with Gasteiger partial charge in [-0.25, -0.2) is 0 Å². The summed E-state index contributed by atoms with van der Waals surface area (Å²) < 4.78 is 10.7. The van der Waals surface area contributed by atoms with Crippen molar-refractivity contribution in [2.45, 2.75) is 57.1 Å². The Morgan fingerprint density at radius 3 is 2.70 bits per heavy atom. The molecule has 1 saturated carbocycles. The lowest BCUT2D eigenvalue weighted by molar-refractivity contribution is -0.160. The standard InChI is InChI=1S/C22H27N3O5/c1-16(21(28)24(2)22(15-23)11-6-3-7-12-22)30-20(27)10-13-25-17-8-4-5-9-18(17)29-14-19(25)26/h4-5,8-9,16H,3,6-7,10-14H2,1-2H3/t16-/m1/s1. The lowest BCUT2D eigenvalue weighted by Crippen LogP contribution is -2.53. The third kappa shape index (κ3) is 4.40. The van der Waals surface area contributed by atoms with Gasteiger partial charge in [0.05, 0.1) is 18.2 Å². The highest BCUT2D eigenvalue weighted by Gasteiger charge is 2.40. The second-order valence-electron chi connectivity index (χ2n) is 7.79. The smallest absolute Gasteiger partial charge is 0.308 e. The van der Waals surface area contributed by atoms with E-state index in [-0.39, 0.29) is 31.4 Å². The van der Waals surface area contributed by atoms with Crippen molar-refractivity contribution in [3.05, 3.63) is 24.3 Å². The number of para-hydroxylation sites is 2. The van der Waals surface area contributed by atoms with Crippen LogP contribution >= 0.6 is 0 Å². The maximum absolute atomic E-state index is 12.8. The van der Waals surface area contributed by atoms with Gasteiger partial charge in [0.15, 0.2) is 12.7 Å². The lowest BCUT2D eigenvalue weighted by atomic mass is 9.81. The largest absolute Gasteiger partial charge is 0.482 e. The van der Waals surface area contributed by atoms with Crippen molar-refractivity contribution in [3.63, 3.8) is 0 Å². The normalized spacial score (nSPS) is 18.4. The molecule has 1 atom stereocenters. The third-order valence-corrected chi connectivity index (χ3v) is 5.87. The second-order valence-corrected chi connectivity index (χ2v) is 7.79. The summed E-state index contributed by atoms with van der Waals surface area (Å²) in [6.45, 7) is 1.57. The Labute approximate surface area is 176 Å². The molecule has 1 aromatic carbocycles. The Balaban J connectivity index is 1.56. The molecule has 8 nitrogen and oxygen atoms in total. The molecule has 30 heavy (non-hydrogen) atoms. The van der Waals surface area contributed by atoms with Crippen molar-refractivity contribution in [1.29, 1.82) is 5.26 Å². The minimum atomic E-state index is -0.998. The molecule has 8 heteroatoms. The van der Waals surface area contributed by atoms with E-state index in [4.69, 9.17) is 9.47 Å². The zero-order valence-corrected chi connectivity index (χ0v) is 17.4. The number of fused-ring (bicyclic) bond motifs is 1. The van der Waals surface area contributed by atoms with Gasteiger partial charge >= 0.3 is 5.97 Å². The summed E-state index contributed by atoms with van der Waals surface area (Å²) in [4.78, 5) is 40.2. The number of rotatable bonds is 6. The quantitative estimate of drug-likeness (QED) is 0.664. The minimum absolute atomic E-state index is 0.0508.